The number of nitrogens with zero attached hydrogens (tertiary/aromatic N) is 4. The summed E-state index contributed by atoms with van der Waals surface area (Å²) in [7, 11) is 0. The maximum absolute atomic E-state index is 12.3. The molecule has 0 saturated heterocycles. The highest BCUT2D eigenvalue weighted by Gasteiger charge is 2.21. The Bertz CT molecular complexity index is 654. The zero-order chi connectivity index (χ0) is 17.0. The lowest BCUT2D eigenvalue weighted by molar-refractivity contribution is -0.115. The van der Waals surface area contributed by atoms with E-state index in [0.717, 1.165) is 5.16 Å². The number of amides is 1. The molecule has 0 bridgehead atoms. The Morgan fingerprint density at radius 1 is 1.13 bits per heavy atom. The van der Waals surface area contributed by atoms with Gasteiger partial charge in [0.2, 0.25) is 11.9 Å². The van der Waals surface area contributed by atoms with Gasteiger partial charge in [-0.3, -0.25) is 10.1 Å². The third-order valence-electron chi connectivity index (χ3n) is 3.35. The van der Waals surface area contributed by atoms with Crippen molar-refractivity contribution < 1.29 is 4.79 Å². The van der Waals surface area contributed by atoms with Gasteiger partial charge in [0.25, 0.3) is 0 Å². The van der Waals surface area contributed by atoms with E-state index < -0.39 is 0 Å². The molecule has 0 saturated carbocycles. The van der Waals surface area contributed by atoms with Gasteiger partial charge in [-0.2, -0.15) is 0 Å². The van der Waals surface area contributed by atoms with Gasteiger partial charge in [0.05, 0.1) is 5.25 Å². The van der Waals surface area contributed by atoms with Crippen molar-refractivity contribution in [2.45, 2.75) is 57.0 Å². The molecule has 2 aromatic rings. The van der Waals surface area contributed by atoms with Gasteiger partial charge in [0.15, 0.2) is 5.16 Å². The van der Waals surface area contributed by atoms with Crippen molar-refractivity contribution in [3.63, 3.8) is 0 Å². The summed E-state index contributed by atoms with van der Waals surface area (Å²) in [6.45, 7) is 10.4. The molecule has 0 fully saturated rings. The van der Waals surface area contributed by atoms with Crippen LogP contribution in [0.3, 0.4) is 0 Å². The van der Waals surface area contributed by atoms with E-state index in [1.165, 1.54) is 17.5 Å². The lowest BCUT2D eigenvalue weighted by Crippen LogP contribution is -2.24. The van der Waals surface area contributed by atoms with Crippen LogP contribution in [0.4, 0.5) is 5.95 Å². The molecule has 23 heavy (non-hydrogen) atoms. The fourth-order valence-corrected chi connectivity index (χ4v) is 3.20. The molecule has 2 heterocycles. The van der Waals surface area contributed by atoms with Gasteiger partial charge in [0, 0.05) is 30.3 Å². The van der Waals surface area contributed by atoms with Gasteiger partial charge < -0.3 is 4.57 Å². The Labute approximate surface area is 141 Å². The molecule has 0 aliphatic rings. The molecule has 2 aromatic heterocycles. The third-order valence-corrected chi connectivity index (χ3v) is 4.43. The van der Waals surface area contributed by atoms with Crippen molar-refractivity contribution >= 4 is 23.6 Å². The maximum Gasteiger partial charge on any atom is 0.240 e. The standard InChI is InChI=1S/C16H23N5OS/c1-10(2)13-9-19-16(21(13)11(3)4)23-12(5)14(22)20-15-17-7-6-8-18-15/h6-12H,1-5H3,(H,17,18,20,22)/t12-/m0/s1. The molecular weight excluding hydrogens is 310 g/mol. The second kappa shape index (κ2) is 7.59. The number of imidazole rings is 1. The lowest BCUT2D eigenvalue weighted by atomic mass is 10.1. The van der Waals surface area contributed by atoms with Crippen molar-refractivity contribution in [1.82, 2.24) is 19.5 Å². The minimum atomic E-state index is -0.293. The number of thioether (sulfide) groups is 1. The number of nitrogens with one attached hydrogen (secondary N) is 1. The Kier molecular flexibility index (Phi) is 5.76. The summed E-state index contributed by atoms with van der Waals surface area (Å²) in [6, 6.07) is 2.01. The Balaban J connectivity index is 2.11. The number of carbonyl (C=O) groups excluding carboxylic acids is 1. The summed E-state index contributed by atoms with van der Waals surface area (Å²) in [4.78, 5) is 24.8. The van der Waals surface area contributed by atoms with Gasteiger partial charge >= 0.3 is 0 Å². The number of carbonyl (C=O) groups is 1. The first kappa shape index (κ1) is 17.5. The quantitative estimate of drug-likeness (QED) is 0.819. The molecule has 0 spiro atoms. The van der Waals surface area contributed by atoms with Crippen LogP contribution >= 0.6 is 11.8 Å². The number of hydrogen-bond donors (Lipinski definition) is 1. The monoisotopic (exact) mass is 333 g/mol. The van der Waals surface area contributed by atoms with E-state index in [1.807, 2.05) is 13.1 Å². The lowest BCUT2D eigenvalue weighted by Gasteiger charge is -2.18. The van der Waals surface area contributed by atoms with E-state index in [4.69, 9.17) is 0 Å². The summed E-state index contributed by atoms with van der Waals surface area (Å²) in [5, 5.41) is 3.29. The SMILES string of the molecule is CC(C)c1cnc(S[C@@H](C)C(=O)Nc2ncccn2)n1C(C)C. The van der Waals surface area contributed by atoms with E-state index >= 15 is 0 Å². The topological polar surface area (TPSA) is 72.7 Å². The van der Waals surface area contributed by atoms with Crippen LogP contribution in [0.1, 0.15) is 52.3 Å². The molecule has 7 heteroatoms. The highest BCUT2D eigenvalue weighted by molar-refractivity contribution is 8.00. The number of anilines is 1. The molecule has 1 amide bonds. The number of aromatic nitrogens is 4. The molecule has 0 aliphatic carbocycles. The summed E-state index contributed by atoms with van der Waals surface area (Å²) in [6.07, 6.45) is 5.10. The highest BCUT2D eigenvalue weighted by atomic mass is 32.2. The molecule has 0 radical (unpaired) electrons. The average molecular weight is 333 g/mol. The normalized spacial score (nSPS) is 12.7. The van der Waals surface area contributed by atoms with Crippen LogP contribution in [0.5, 0.6) is 0 Å². The number of rotatable bonds is 6. The molecule has 0 aromatic carbocycles. The van der Waals surface area contributed by atoms with Gasteiger partial charge in [-0.05, 0) is 32.8 Å². The number of hydrogen-bond acceptors (Lipinski definition) is 5. The van der Waals surface area contributed by atoms with Crippen LogP contribution in [0.15, 0.2) is 29.8 Å². The van der Waals surface area contributed by atoms with Gasteiger partial charge in [0.1, 0.15) is 0 Å². The first-order valence-electron chi connectivity index (χ1n) is 7.71. The van der Waals surface area contributed by atoms with Crippen LogP contribution in [0.2, 0.25) is 0 Å². The summed E-state index contributed by atoms with van der Waals surface area (Å²) >= 11 is 1.45. The molecule has 0 unspecified atom stereocenters. The molecular formula is C16H23N5OS. The largest absolute Gasteiger partial charge is 0.320 e. The van der Waals surface area contributed by atoms with Gasteiger partial charge in [-0.25, -0.2) is 15.0 Å². The molecule has 6 nitrogen and oxygen atoms in total. The fraction of sp³-hybridized carbons (Fsp3) is 0.500. The van der Waals surface area contributed by atoms with Crippen LogP contribution in [-0.4, -0.2) is 30.7 Å². The fourth-order valence-electron chi connectivity index (χ4n) is 2.18. The zero-order valence-electron chi connectivity index (χ0n) is 14.1. The smallest absolute Gasteiger partial charge is 0.240 e. The molecule has 2 rings (SSSR count). The first-order valence-corrected chi connectivity index (χ1v) is 8.59. The second-order valence-electron chi connectivity index (χ2n) is 5.91. The second-order valence-corrected chi connectivity index (χ2v) is 7.21. The van der Waals surface area contributed by atoms with E-state index in [-0.39, 0.29) is 11.2 Å². The predicted octanol–water partition coefficient (Wildman–Crippen LogP) is 3.50. The Morgan fingerprint density at radius 2 is 1.78 bits per heavy atom. The highest BCUT2D eigenvalue weighted by Crippen LogP contribution is 2.29. The maximum atomic E-state index is 12.3. The Hall–Kier alpha value is -1.89. The van der Waals surface area contributed by atoms with Crippen LogP contribution in [0, 0.1) is 0 Å². The van der Waals surface area contributed by atoms with E-state index in [9.17, 15) is 4.79 Å². The van der Waals surface area contributed by atoms with Crippen molar-refractivity contribution in [3.05, 3.63) is 30.4 Å². The molecule has 0 aliphatic heterocycles. The van der Waals surface area contributed by atoms with Crippen LogP contribution < -0.4 is 5.32 Å². The minimum Gasteiger partial charge on any atom is -0.320 e. The zero-order valence-corrected chi connectivity index (χ0v) is 15.0. The van der Waals surface area contributed by atoms with E-state index in [0.29, 0.717) is 17.9 Å². The summed E-state index contributed by atoms with van der Waals surface area (Å²) in [5.41, 5.74) is 1.18. The van der Waals surface area contributed by atoms with E-state index in [1.54, 1.807) is 18.5 Å². The van der Waals surface area contributed by atoms with Crippen molar-refractivity contribution in [3.8, 4) is 0 Å². The molecule has 1 N–H and O–H groups in total. The van der Waals surface area contributed by atoms with E-state index in [2.05, 4.69) is 52.5 Å². The van der Waals surface area contributed by atoms with Gasteiger partial charge in [-0.15, -0.1) is 0 Å². The summed E-state index contributed by atoms with van der Waals surface area (Å²) in [5.74, 6) is 0.576. The van der Waals surface area contributed by atoms with Gasteiger partial charge in [-0.1, -0.05) is 25.6 Å². The molecule has 124 valence electrons. The average Bonchev–Trinajstić information content (AvgIpc) is 2.92. The Morgan fingerprint density at radius 3 is 2.35 bits per heavy atom. The van der Waals surface area contributed by atoms with Crippen LogP contribution in [-0.2, 0) is 4.79 Å². The summed E-state index contributed by atoms with van der Waals surface area (Å²) < 4.78 is 2.19. The first-order chi connectivity index (χ1) is 10.9. The van der Waals surface area contributed by atoms with Crippen LogP contribution in [0.25, 0.3) is 0 Å². The van der Waals surface area contributed by atoms with Crippen molar-refractivity contribution in [1.29, 1.82) is 0 Å². The minimum absolute atomic E-state index is 0.134. The molecule has 1 atom stereocenters. The van der Waals surface area contributed by atoms with Crippen molar-refractivity contribution in [2.75, 3.05) is 5.32 Å². The predicted molar refractivity (Wildman–Crippen MR) is 92.7 cm³/mol. The van der Waals surface area contributed by atoms with Crippen molar-refractivity contribution in [2.24, 2.45) is 0 Å². The third kappa shape index (κ3) is 4.31.